The molecule has 0 aromatic carbocycles. The van der Waals surface area contributed by atoms with Crippen LogP contribution in [0.15, 0.2) is 12.3 Å². The minimum atomic E-state index is 0.106. The average molecular weight is 165 g/mol. The van der Waals surface area contributed by atoms with Crippen LogP contribution < -0.4 is 0 Å². The molecule has 0 aliphatic carbocycles. The van der Waals surface area contributed by atoms with Gasteiger partial charge in [0.25, 0.3) is 0 Å². The Morgan fingerprint density at radius 1 is 1.50 bits per heavy atom. The van der Waals surface area contributed by atoms with Crippen molar-refractivity contribution in [2.75, 3.05) is 0 Å². The molecule has 0 saturated heterocycles. The minimum absolute atomic E-state index is 0.106. The predicted octanol–water partition coefficient (Wildman–Crippen LogP) is 1.83. The van der Waals surface area contributed by atoms with Crippen LogP contribution >= 0.6 is 0 Å². The van der Waals surface area contributed by atoms with Crippen molar-refractivity contribution >= 4 is 0 Å². The molecule has 0 saturated carbocycles. The number of pyridine rings is 1. The van der Waals surface area contributed by atoms with Crippen molar-refractivity contribution in [3.8, 4) is 0 Å². The Hall–Kier alpha value is -0.890. The zero-order valence-corrected chi connectivity index (χ0v) is 7.67. The van der Waals surface area contributed by atoms with E-state index >= 15 is 0 Å². The average Bonchev–Trinajstić information content (AvgIpc) is 2.05. The van der Waals surface area contributed by atoms with E-state index in [1.807, 2.05) is 13.0 Å². The van der Waals surface area contributed by atoms with Gasteiger partial charge >= 0.3 is 0 Å². The maximum atomic E-state index is 9.09. The molecule has 0 aliphatic heterocycles. The number of aliphatic hydroxyl groups is 1. The number of rotatable bonds is 3. The molecule has 0 radical (unpaired) electrons. The number of nitrogens with zero attached hydrogens (tertiary/aromatic N) is 1. The van der Waals surface area contributed by atoms with E-state index in [9.17, 15) is 0 Å². The Morgan fingerprint density at radius 3 is 2.83 bits per heavy atom. The van der Waals surface area contributed by atoms with Gasteiger partial charge in [-0.3, -0.25) is 4.98 Å². The van der Waals surface area contributed by atoms with Crippen LogP contribution in [0.2, 0.25) is 0 Å². The first-order chi connectivity index (χ1) is 5.79. The molecule has 0 aliphatic rings. The summed E-state index contributed by atoms with van der Waals surface area (Å²) in [6, 6.07) is 1.99. The zero-order chi connectivity index (χ0) is 8.97. The molecule has 0 unspecified atom stereocenters. The Balaban J connectivity index is 3.00. The van der Waals surface area contributed by atoms with Crippen LogP contribution in [0, 0.1) is 6.92 Å². The summed E-state index contributed by atoms with van der Waals surface area (Å²) in [5.41, 5.74) is 3.18. The molecule has 2 nitrogen and oxygen atoms in total. The molecule has 1 N–H and O–H groups in total. The highest BCUT2D eigenvalue weighted by Gasteiger charge is 2.03. The first-order valence-electron chi connectivity index (χ1n) is 4.33. The topological polar surface area (TPSA) is 33.1 Å². The van der Waals surface area contributed by atoms with Crippen LogP contribution in [0.4, 0.5) is 0 Å². The molecule has 1 aromatic heterocycles. The van der Waals surface area contributed by atoms with E-state index in [-0.39, 0.29) is 6.61 Å². The molecule has 0 spiro atoms. The van der Waals surface area contributed by atoms with E-state index in [0.717, 1.165) is 24.1 Å². The van der Waals surface area contributed by atoms with E-state index in [4.69, 9.17) is 5.11 Å². The summed E-state index contributed by atoms with van der Waals surface area (Å²) in [4.78, 5) is 4.13. The lowest BCUT2D eigenvalue weighted by atomic mass is 10.0. The fourth-order valence-electron chi connectivity index (χ4n) is 1.37. The van der Waals surface area contributed by atoms with E-state index in [1.165, 1.54) is 5.56 Å². The molecule has 12 heavy (non-hydrogen) atoms. The van der Waals surface area contributed by atoms with Gasteiger partial charge < -0.3 is 5.11 Å². The van der Waals surface area contributed by atoms with Crippen LogP contribution in [0.25, 0.3) is 0 Å². The summed E-state index contributed by atoms with van der Waals surface area (Å²) in [6.07, 6.45) is 3.94. The Morgan fingerprint density at radius 2 is 2.25 bits per heavy atom. The molecular weight excluding hydrogens is 150 g/mol. The summed E-state index contributed by atoms with van der Waals surface area (Å²) >= 11 is 0. The van der Waals surface area contributed by atoms with E-state index in [0.29, 0.717) is 0 Å². The van der Waals surface area contributed by atoms with Crippen molar-refractivity contribution in [3.05, 3.63) is 29.1 Å². The number of hydrogen-bond acceptors (Lipinski definition) is 2. The zero-order valence-electron chi connectivity index (χ0n) is 7.67. The van der Waals surface area contributed by atoms with Gasteiger partial charge in [-0.1, -0.05) is 13.3 Å². The SMILES string of the molecule is CCCc1ccnc(C)c1CO. The highest BCUT2D eigenvalue weighted by Crippen LogP contribution is 2.13. The molecule has 0 atom stereocenters. The van der Waals surface area contributed by atoms with Crippen LogP contribution in [-0.4, -0.2) is 10.1 Å². The standard InChI is InChI=1S/C10H15NO/c1-3-4-9-5-6-11-8(2)10(9)7-12/h5-6,12H,3-4,7H2,1-2H3. The first kappa shape index (κ1) is 9.20. The summed E-state index contributed by atoms with van der Waals surface area (Å²) in [5, 5.41) is 9.09. The van der Waals surface area contributed by atoms with E-state index < -0.39 is 0 Å². The summed E-state index contributed by atoms with van der Waals surface area (Å²) < 4.78 is 0. The first-order valence-corrected chi connectivity index (χ1v) is 4.33. The molecular formula is C10H15NO. The van der Waals surface area contributed by atoms with Gasteiger partial charge in [0, 0.05) is 17.5 Å². The number of aliphatic hydroxyl groups excluding tert-OH is 1. The lowest BCUT2D eigenvalue weighted by Crippen LogP contribution is -1.98. The second-order valence-electron chi connectivity index (χ2n) is 2.94. The van der Waals surface area contributed by atoms with Gasteiger partial charge in [0.1, 0.15) is 0 Å². The van der Waals surface area contributed by atoms with Gasteiger partial charge in [0.05, 0.1) is 6.61 Å². The second-order valence-corrected chi connectivity index (χ2v) is 2.94. The summed E-state index contributed by atoms with van der Waals surface area (Å²) in [6.45, 7) is 4.18. The normalized spacial score (nSPS) is 10.2. The van der Waals surface area contributed by atoms with Crippen LogP contribution in [0.1, 0.15) is 30.2 Å². The van der Waals surface area contributed by atoms with E-state index in [2.05, 4.69) is 11.9 Å². The lowest BCUT2D eigenvalue weighted by Gasteiger charge is -2.07. The largest absolute Gasteiger partial charge is 0.392 e. The maximum absolute atomic E-state index is 9.09. The van der Waals surface area contributed by atoms with E-state index in [1.54, 1.807) is 6.20 Å². The molecule has 1 aromatic rings. The predicted molar refractivity (Wildman–Crippen MR) is 48.9 cm³/mol. The third kappa shape index (κ3) is 1.83. The van der Waals surface area contributed by atoms with Gasteiger partial charge in [0.2, 0.25) is 0 Å². The maximum Gasteiger partial charge on any atom is 0.0702 e. The van der Waals surface area contributed by atoms with Crippen molar-refractivity contribution < 1.29 is 5.11 Å². The highest BCUT2D eigenvalue weighted by molar-refractivity contribution is 5.28. The monoisotopic (exact) mass is 165 g/mol. The smallest absolute Gasteiger partial charge is 0.0702 e. The Kier molecular flexibility index (Phi) is 3.23. The van der Waals surface area contributed by atoms with Crippen molar-refractivity contribution in [2.45, 2.75) is 33.3 Å². The number of hydrogen-bond donors (Lipinski definition) is 1. The third-order valence-electron chi connectivity index (χ3n) is 2.05. The van der Waals surface area contributed by atoms with Crippen molar-refractivity contribution in [2.24, 2.45) is 0 Å². The van der Waals surface area contributed by atoms with Crippen LogP contribution in [0.5, 0.6) is 0 Å². The fraction of sp³-hybridized carbons (Fsp3) is 0.500. The van der Waals surface area contributed by atoms with Crippen LogP contribution in [-0.2, 0) is 13.0 Å². The lowest BCUT2D eigenvalue weighted by molar-refractivity contribution is 0.279. The Bertz CT molecular complexity index is 258. The van der Waals surface area contributed by atoms with Gasteiger partial charge in [-0.15, -0.1) is 0 Å². The highest BCUT2D eigenvalue weighted by atomic mass is 16.3. The molecule has 0 bridgehead atoms. The molecule has 66 valence electrons. The molecule has 1 rings (SSSR count). The van der Waals surface area contributed by atoms with Gasteiger partial charge in [-0.25, -0.2) is 0 Å². The van der Waals surface area contributed by atoms with Crippen LogP contribution in [0.3, 0.4) is 0 Å². The molecule has 0 fully saturated rings. The second kappa shape index (κ2) is 4.21. The number of aromatic nitrogens is 1. The summed E-state index contributed by atoms with van der Waals surface area (Å²) in [7, 11) is 0. The van der Waals surface area contributed by atoms with Crippen molar-refractivity contribution in [3.63, 3.8) is 0 Å². The fourth-order valence-corrected chi connectivity index (χ4v) is 1.37. The molecule has 1 heterocycles. The summed E-state index contributed by atoms with van der Waals surface area (Å²) in [5.74, 6) is 0. The third-order valence-corrected chi connectivity index (χ3v) is 2.05. The number of aryl methyl sites for hydroxylation is 2. The molecule has 2 heteroatoms. The van der Waals surface area contributed by atoms with Gasteiger partial charge in [-0.05, 0) is 25.0 Å². The van der Waals surface area contributed by atoms with Crippen molar-refractivity contribution in [1.82, 2.24) is 4.98 Å². The minimum Gasteiger partial charge on any atom is -0.392 e. The quantitative estimate of drug-likeness (QED) is 0.741. The van der Waals surface area contributed by atoms with Gasteiger partial charge in [0.15, 0.2) is 0 Å². The van der Waals surface area contributed by atoms with Gasteiger partial charge in [-0.2, -0.15) is 0 Å². The molecule has 0 amide bonds. The Labute approximate surface area is 73.3 Å². The van der Waals surface area contributed by atoms with Crippen molar-refractivity contribution in [1.29, 1.82) is 0 Å².